The van der Waals surface area contributed by atoms with Gasteiger partial charge in [-0.05, 0) is 24.3 Å². The molecule has 0 amide bonds. The van der Waals surface area contributed by atoms with E-state index in [1.165, 1.54) is 0 Å². The molecule has 0 bridgehead atoms. The Bertz CT molecular complexity index is 797. The smallest absolute Gasteiger partial charge is 0.414 e. The van der Waals surface area contributed by atoms with Crippen molar-refractivity contribution >= 4 is 35.3 Å². The Kier molecular flexibility index (Phi) is 9.39. The molecular weight excluding hydrogens is 420 g/mol. The molecule has 1 aromatic heterocycles. The topological polar surface area (TPSA) is 118 Å². The highest BCUT2D eigenvalue weighted by molar-refractivity contribution is 7.99. The fourth-order valence-electron chi connectivity index (χ4n) is 2.49. The molecule has 158 valence electrons. The van der Waals surface area contributed by atoms with E-state index in [0.717, 1.165) is 66.7 Å². The highest BCUT2D eigenvalue weighted by Gasteiger charge is 2.13. The van der Waals surface area contributed by atoms with Crippen molar-refractivity contribution in [3.63, 3.8) is 0 Å². The van der Waals surface area contributed by atoms with E-state index in [2.05, 4.69) is 21.9 Å². The molecule has 0 spiro atoms. The number of hydrogen-bond acceptors (Lipinski definition) is 7. The van der Waals surface area contributed by atoms with Gasteiger partial charge in [-0.15, -0.1) is 5.10 Å². The largest absolute Gasteiger partial charge is 0.473 e. The first-order chi connectivity index (χ1) is 13.9. The van der Waals surface area contributed by atoms with E-state index < -0.39 is 11.9 Å². The van der Waals surface area contributed by atoms with Crippen molar-refractivity contribution in [1.29, 1.82) is 0 Å². The van der Waals surface area contributed by atoms with Gasteiger partial charge < -0.3 is 14.9 Å². The number of benzene rings is 1. The molecule has 1 fully saturated rings. The number of aromatic nitrogens is 3. The number of aliphatic carboxylic acids is 2. The molecule has 0 unspecified atom stereocenters. The summed E-state index contributed by atoms with van der Waals surface area (Å²) in [5, 5.41) is 21.0. The van der Waals surface area contributed by atoms with Crippen LogP contribution in [0.1, 0.15) is 12.7 Å². The number of halogens is 1. The molecule has 11 heteroatoms. The summed E-state index contributed by atoms with van der Waals surface area (Å²) in [5.41, 5.74) is 0.999. The lowest BCUT2D eigenvalue weighted by atomic mass is 10.3. The maximum Gasteiger partial charge on any atom is 0.414 e. The van der Waals surface area contributed by atoms with Gasteiger partial charge in [0, 0.05) is 36.8 Å². The third-order valence-corrected chi connectivity index (χ3v) is 5.04. The number of morpholine rings is 1. The van der Waals surface area contributed by atoms with Gasteiger partial charge in [-0.3, -0.25) is 4.90 Å². The van der Waals surface area contributed by atoms with Crippen molar-refractivity contribution in [1.82, 2.24) is 19.7 Å². The van der Waals surface area contributed by atoms with Crippen LogP contribution in [0.4, 0.5) is 0 Å². The number of carbonyl (C=O) groups is 2. The molecule has 2 heterocycles. The van der Waals surface area contributed by atoms with E-state index in [0.29, 0.717) is 0 Å². The minimum absolute atomic E-state index is 0.729. The molecule has 1 aliphatic heterocycles. The third kappa shape index (κ3) is 7.65. The second-order valence-corrected chi connectivity index (χ2v) is 7.46. The normalized spacial score (nSPS) is 14.1. The molecule has 1 saturated heterocycles. The summed E-state index contributed by atoms with van der Waals surface area (Å²) < 4.78 is 7.28. The summed E-state index contributed by atoms with van der Waals surface area (Å²) in [6.07, 6.45) is 0.847. The molecule has 2 N–H and O–H groups in total. The number of thioether (sulfide) groups is 1. The predicted octanol–water partition coefficient (Wildman–Crippen LogP) is 2.06. The van der Waals surface area contributed by atoms with Crippen molar-refractivity contribution in [2.45, 2.75) is 18.5 Å². The van der Waals surface area contributed by atoms with Gasteiger partial charge in [-0.1, -0.05) is 30.3 Å². The van der Waals surface area contributed by atoms with E-state index in [4.69, 9.17) is 36.1 Å². The van der Waals surface area contributed by atoms with E-state index in [1.54, 1.807) is 11.8 Å². The van der Waals surface area contributed by atoms with Gasteiger partial charge in [-0.2, -0.15) is 0 Å². The predicted molar refractivity (Wildman–Crippen MR) is 109 cm³/mol. The van der Waals surface area contributed by atoms with E-state index >= 15 is 0 Å². The number of carboxylic acid groups (broad SMARTS) is 2. The van der Waals surface area contributed by atoms with Crippen LogP contribution in [-0.4, -0.2) is 80.4 Å². The number of rotatable bonds is 6. The van der Waals surface area contributed by atoms with Crippen LogP contribution in [0.3, 0.4) is 0 Å². The van der Waals surface area contributed by atoms with Gasteiger partial charge in [0.2, 0.25) is 5.16 Å². The highest BCUT2D eigenvalue weighted by Crippen LogP contribution is 2.19. The summed E-state index contributed by atoms with van der Waals surface area (Å²) in [6, 6.07) is 7.70. The Morgan fingerprint density at radius 2 is 1.79 bits per heavy atom. The second-order valence-electron chi connectivity index (χ2n) is 5.97. The quantitative estimate of drug-likeness (QED) is 0.511. The zero-order chi connectivity index (χ0) is 21.2. The van der Waals surface area contributed by atoms with Crippen molar-refractivity contribution in [2.24, 2.45) is 0 Å². The lowest BCUT2D eigenvalue weighted by Gasteiger charge is -2.25. The van der Waals surface area contributed by atoms with Crippen LogP contribution in [0.2, 0.25) is 5.02 Å². The monoisotopic (exact) mass is 442 g/mol. The van der Waals surface area contributed by atoms with Crippen LogP contribution in [0.5, 0.6) is 0 Å². The van der Waals surface area contributed by atoms with Gasteiger partial charge in [0.05, 0.1) is 18.9 Å². The average molecular weight is 443 g/mol. The molecule has 1 aliphatic rings. The van der Waals surface area contributed by atoms with Gasteiger partial charge in [0.1, 0.15) is 5.82 Å². The minimum Gasteiger partial charge on any atom is -0.473 e. The molecule has 2 aromatic rings. The minimum atomic E-state index is -1.82. The first-order valence-corrected chi connectivity index (χ1v) is 10.4. The van der Waals surface area contributed by atoms with Crippen molar-refractivity contribution in [3.05, 3.63) is 35.1 Å². The average Bonchev–Trinajstić information content (AvgIpc) is 3.13. The van der Waals surface area contributed by atoms with Crippen LogP contribution >= 0.6 is 23.4 Å². The fraction of sp³-hybridized carbons (Fsp3) is 0.444. The molecule has 0 saturated carbocycles. The number of aryl methyl sites for hydroxylation is 1. The Labute approximate surface area is 177 Å². The van der Waals surface area contributed by atoms with E-state index in [1.807, 2.05) is 28.9 Å². The molecule has 0 atom stereocenters. The highest BCUT2D eigenvalue weighted by atomic mass is 35.5. The summed E-state index contributed by atoms with van der Waals surface area (Å²) in [4.78, 5) is 25.3. The second kappa shape index (κ2) is 11.8. The van der Waals surface area contributed by atoms with Crippen LogP contribution in [0.25, 0.3) is 5.69 Å². The Morgan fingerprint density at radius 1 is 1.17 bits per heavy atom. The Balaban J connectivity index is 0.000000438. The van der Waals surface area contributed by atoms with Gasteiger partial charge in [0.25, 0.3) is 0 Å². The standard InChI is InChI=1S/C16H21ClN4OS.C2H2O4/c1-2-15-18-16(23-12-9-20-7-10-22-11-8-20)19-21(15)14-5-3-13(17)4-6-14;3-1(4)2(5)6/h3-6H,2,7-12H2,1H3;(H,3,4)(H,5,6). The molecular formula is C18H23ClN4O5S. The van der Waals surface area contributed by atoms with Gasteiger partial charge in [0.15, 0.2) is 0 Å². The molecule has 29 heavy (non-hydrogen) atoms. The van der Waals surface area contributed by atoms with Gasteiger partial charge in [-0.25, -0.2) is 19.3 Å². The SMILES string of the molecule is CCc1nc(SCCN2CCOCC2)nn1-c1ccc(Cl)cc1.O=C(O)C(=O)O. The first kappa shape index (κ1) is 23.1. The summed E-state index contributed by atoms with van der Waals surface area (Å²) in [5.74, 6) is -1.68. The van der Waals surface area contributed by atoms with Crippen LogP contribution in [0, 0.1) is 0 Å². The molecule has 9 nitrogen and oxygen atoms in total. The lowest BCUT2D eigenvalue weighted by Crippen LogP contribution is -2.37. The molecule has 0 aliphatic carbocycles. The van der Waals surface area contributed by atoms with Crippen molar-refractivity contribution < 1.29 is 24.5 Å². The number of carboxylic acids is 2. The number of nitrogens with zero attached hydrogens (tertiary/aromatic N) is 4. The maximum atomic E-state index is 9.10. The summed E-state index contributed by atoms with van der Waals surface area (Å²) in [6.45, 7) is 6.87. The summed E-state index contributed by atoms with van der Waals surface area (Å²) in [7, 11) is 0. The zero-order valence-electron chi connectivity index (χ0n) is 16.0. The first-order valence-electron chi connectivity index (χ1n) is 9.01. The fourth-order valence-corrected chi connectivity index (χ4v) is 3.46. The van der Waals surface area contributed by atoms with Crippen LogP contribution in [0.15, 0.2) is 29.4 Å². The third-order valence-electron chi connectivity index (χ3n) is 3.97. The Morgan fingerprint density at radius 3 is 2.34 bits per heavy atom. The van der Waals surface area contributed by atoms with E-state index in [-0.39, 0.29) is 0 Å². The van der Waals surface area contributed by atoms with Crippen LogP contribution < -0.4 is 0 Å². The maximum absolute atomic E-state index is 9.10. The zero-order valence-corrected chi connectivity index (χ0v) is 17.5. The molecule has 3 rings (SSSR count). The number of ether oxygens (including phenoxy) is 1. The van der Waals surface area contributed by atoms with Crippen LogP contribution in [-0.2, 0) is 20.7 Å². The molecule has 1 aromatic carbocycles. The molecule has 0 radical (unpaired) electrons. The van der Waals surface area contributed by atoms with Crippen molar-refractivity contribution in [3.8, 4) is 5.69 Å². The van der Waals surface area contributed by atoms with Crippen molar-refractivity contribution in [2.75, 3.05) is 38.6 Å². The lowest BCUT2D eigenvalue weighted by molar-refractivity contribution is -0.159. The van der Waals surface area contributed by atoms with Gasteiger partial charge >= 0.3 is 11.9 Å². The number of hydrogen-bond donors (Lipinski definition) is 2. The van der Waals surface area contributed by atoms with E-state index in [9.17, 15) is 0 Å². The Hall–Kier alpha value is -2.14. The summed E-state index contributed by atoms with van der Waals surface area (Å²) >= 11 is 7.67.